The van der Waals surface area contributed by atoms with Crippen molar-refractivity contribution in [3.63, 3.8) is 0 Å². The molecular weight excluding hydrogens is 288 g/mol. The number of ether oxygens (including phenoxy) is 2. The number of unbranched alkanes of at least 4 members (excludes halogenated alkanes) is 1. The maximum absolute atomic E-state index is 12.1. The molecule has 0 spiro atoms. The summed E-state index contributed by atoms with van der Waals surface area (Å²) in [6, 6.07) is 7.31. The average Bonchev–Trinajstić information content (AvgIpc) is 2.57. The summed E-state index contributed by atoms with van der Waals surface area (Å²) < 4.78 is 11.1. The summed E-state index contributed by atoms with van der Waals surface area (Å²) in [5.41, 5.74) is 0. The lowest BCUT2D eigenvalue weighted by Gasteiger charge is -2.15. The minimum atomic E-state index is -0.143. The summed E-state index contributed by atoms with van der Waals surface area (Å²) in [7, 11) is 0. The van der Waals surface area contributed by atoms with Gasteiger partial charge < -0.3 is 9.47 Å². The second kappa shape index (κ2) is 11.1. The molecule has 0 amide bonds. The quantitative estimate of drug-likeness (QED) is 0.301. The summed E-state index contributed by atoms with van der Waals surface area (Å²) in [5.74, 6) is 1.92. The molecule has 3 heteroatoms. The number of carbonyl (C=O) groups is 1. The van der Waals surface area contributed by atoms with Crippen molar-refractivity contribution in [3.8, 4) is 11.5 Å². The van der Waals surface area contributed by atoms with E-state index < -0.39 is 0 Å². The normalized spacial score (nSPS) is 12.2. The van der Waals surface area contributed by atoms with Crippen LogP contribution in [-0.4, -0.2) is 12.6 Å². The lowest BCUT2D eigenvalue weighted by Crippen LogP contribution is -2.18. The van der Waals surface area contributed by atoms with Crippen LogP contribution in [-0.2, 0) is 4.79 Å². The Labute approximate surface area is 141 Å². The number of benzene rings is 1. The van der Waals surface area contributed by atoms with Crippen molar-refractivity contribution >= 4 is 5.97 Å². The topological polar surface area (TPSA) is 35.5 Å². The number of rotatable bonds is 11. The maximum atomic E-state index is 12.1. The summed E-state index contributed by atoms with van der Waals surface area (Å²) in [5, 5.41) is 0. The van der Waals surface area contributed by atoms with Crippen molar-refractivity contribution < 1.29 is 14.3 Å². The first-order valence-electron chi connectivity index (χ1n) is 9.05. The van der Waals surface area contributed by atoms with Gasteiger partial charge in [-0.25, -0.2) is 0 Å². The van der Waals surface area contributed by atoms with Gasteiger partial charge in [0.1, 0.15) is 11.5 Å². The lowest BCUT2D eigenvalue weighted by atomic mass is 9.93. The minimum Gasteiger partial charge on any atom is -0.494 e. The van der Waals surface area contributed by atoms with Crippen LogP contribution in [0.2, 0.25) is 0 Å². The number of hydrogen-bond donors (Lipinski definition) is 0. The number of hydrogen-bond acceptors (Lipinski definition) is 3. The average molecular weight is 320 g/mol. The summed E-state index contributed by atoms with van der Waals surface area (Å²) in [6.07, 6.45) is 6.50. The van der Waals surface area contributed by atoms with E-state index in [2.05, 4.69) is 20.8 Å². The summed E-state index contributed by atoms with van der Waals surface area (Å²) in [4.78, 5) is 12.1. The Hall–Kier alpha value is -1.51. The molecule has 0 saturated carbocycles. The molecule has 0 heterocycles. The first-order valence-corrected chi connectivity index (χ1v) is 9.05. The second-order valence-corrected chi connectivity index (χ2v) is 6.26. The molecule has 0 saturated heterocycles. The molecule has 0 radical (unpaired) electrons. The fourth-order valence-electron chi connectivity index (χ4n) is 2.46. The first-order chi connectivity index (χ1) is 11.1. The van der Waals surface area contributed by atoms with E-state index >= 15 is 0 Å². The highest BCUT2D eigenvalue weighted by atomic mass is 16.5. The Kier molecular flexibility index (Phi) is 9.42. The van der Waals surface area contributed by atoms with Gasteiger partial charge in [-0.1, -0.05) is 47.0 Å². The van der Waals surface area contributed by atoms with Gasteiger partial charge in [-0.05, 0) is 49.4 Å². The molecule has 0 aliphatic carbocycles. The van der Waals surface area contributed by atoms with E-state index in [0.29, 0.717) is 11.7 Å². The minimum absolute atomic E-state index is 0.0592. The fourth-order valence-corrected chi connectivity index (χ4v) is 2.46. The van der Waals surface area contributed by atoms with E-state index in [1.807, 2.05) is 19.1 Å². The van der Waals surface area contributed by atoms with Crippen LogP contribution in [0.5, 0.6) is 11.5 Å². The Morgan fingerprint density at radius 2 is 1.61 bits per heavy atom. The number of esters is 1. The zero-order valence-corrected chi connectivity index (χ0v) is 15.1. The van der Waals surface area contributed by atoms with Crippen LogP contribution >= 0.6 is 0 Å². The predicted octanol–water partition coefficient (Wildman–Crippen LogP) is 5.62. The predicted molar refractivity (Wildman–Crippen MR) is 95.0 cm³/mol. The van der Waals surface area contributed by atoms with Crippen LogP contribution in [0, 0.1) is 11.8 Å². The van der Waals surface area contributed by atoms with Crippen molar-refractivity contribution in [2.45, 2.75) is 66.2 Å². The van der Waals surface area contributed by atoms with Gasteiger partial charge >= 0.3 is 5.97 Å². The highest BCUT2D eigenvalue weighted by molar-refractivity contribution is 5.74. The molecule has 1 rings (SSSR count). The maximum Gasteiger partial charge on any atom is 0.314 e. The fraction of sp³-hybridized carbons (Fsp3) is 0.650. The highest BCUT2D eigenvalue weighted by Gasteiger charge is 2.17. The number of carbonyl (C=O) groups excluding carboxylic acids is 1. The molecule has 1 atom stereocenters. The molecule has 0 aromatic heterocycles. The molecule has 0 N–H and O–H groups in total. The Morgan fingerprint density at radius 3 is 2.17 bits per heavy atom. The van der Waals surface area contributed by atoms with Gasteiger partial charge in [-0.2, -0.15) is 0 Å². The largest absolute Gasteiger partial charge is 0.494 e. The molecule has 0 fully saturated rings. The van der Waals surface area contributed by atoms with Gasteiger partial charge in [0.25, 0.3) is 0 Å². The van der Waals surface area contributed by atoms with Crippen molar-refractivity contribution in [2.24, 2.45) is 11.8 Å². The van der Waals surface area contributed by atoms with Gasteiger partial charge in [0.15, 0.2) is 0 Å². The van der Waals surface area contributed by atoms with Gasteiger partial charge in [0.2, 0.25) is 0 Å². The zero-order valence-electron chi connectivity index (χ0n) is 15.1. The third-order valence-electron chi connectivity index (χ3n) is 4.37. The Bertz CT molecular complexity index is 435. The first kappa shape index (κ1) is 19.5. The molecule has 1 aromatic carbocycles. The molecule has 1 unspecified atom stereocenters. The van der Waals surface area contributed by atoms with Crippen LogP contribution in [0.1, 0.15) is 66.2 Å². The van der Waals surface area contributed by atoms with Crippen molar-refractivity contribution in [3.05, 3.63) is 24.3 Å². The zero-order chi connectivity index (χ0) is 17.1. The van der Waals surface area contributed by atoms with Crippen LogP contribution in [0.25, 0.3) is 0 Å². The Morgan fingerprint density at radius 1 is 1.00 bits per heavy atom. The van der Waals surface area contributed by atoms with Crippen molar-refractivity contribution in [2.75, 3.05) is 6.61 Å². The lowest BCUT2D eigenvalue weighted by molar-refractivity contribution is -0.138. The van der Waals surface area contributed by atoms with Crippen LogP contribution < -0.4 is 9.47 Å². The third kappa shape index (κ3) is 7.54. The van der Waals surface area contributed by atoms with E-state index in [1.165, 1.54) is 12.8 Å². The third-order valence-corrected chi connectivity index (χ3v) is 4.37. The van der Waals surface area contributed by atoms with Crippen molar-refractivity contribution in [1.29, 1.82) is 0 Å². The highest BCUT2D eigenvalue weighted by Crippen LogP contribution is 2.22. The van der Waals surface area contributed by atoms with Crippen molar-refractivity contribution in [1.82, 2.24) is 0 Å². The summed E-state index contributed by atoms with van der Waals surface area (Å²) >= 11 is 0. The molecule has 0 aliphatic rings. The van der Waals surface area contributed by atoms with E-state index in [1.54, 1.807) is 12.1 Å². The Balaban J connectivity index is 2.40. The second-order valence-electron chi connectivity index (χ2n) is 6.26. The molecule has 0 bridgehead atoms. The van der Waals surface area contributed by atoms with Crippen LogP contribution in [0.3, 0.4) is 0 Å². The monoisotopic (exact) mass is 320 g/mol. The van der Waals surface area contributed by atoms with E-state index in [9.17, 15) is 4.79 Å². The van der Waals surface area contributed by atoms with E-state index in [4.69, 9.17) is 9.47 Å². The van der Waals surface area contributed by atoms with Gasteiger partial charge in [-0.3, -0.25) is 4.79 Å². The smallest absolute Gasteiger partial charge is 0.314 e. The van der Waals surface area contributed by atoms with Crippen LogP contribution in [0.4, 0.5) is 0 Å². The molecule has 130 valence electrons. The van der Waals surface area contributed by atoms with Gasteiger partial charge in [0.05, 0.1) is 12.5 Å². The molecule has 23 heavy (non-hydrogen) atoms. The summed E-state index contributed by atoms with van der Waals surface area (Å²) in [6.45, 7) is 9.23. The van der Waals surface area contributed by atoms with Gasteiger partial charge in [0, 0.05) is 0 Å². The van der Waals surface area contributed by atoms with Gasteiger partial charge in [-0.15, -0.1) is 0 Å². The molecular formula is C20H32O3. The van der Waals surface area contributed by atoms with E-state index in [0.717, 1.165) is 38.0 Å². The standard InChI is InChI=1S/C20H32O3/c1-5-8-15-22-18-11-13-19(14-12-18)23-20(21)16(4)9-10-17(6-2)7-3/h11-14,16-17H,5-10,15H2,1-4H3. The van der Waals surface area contributed by atoms with Crippen LogP contribution in [0.15, 0.2) is 24.3 Å². The molecule has 1 aromatic rings. The molecule has 3 nitrogen and oxygen atoms in total. The van der Waals surface area contributed by atoms with E-state index in [-0.39, 0.29) is 11.9 Å². The molecule has 0 aliphatic heterocycles. The SMILES string of the molecule is CCCCOc1ccc(OC(=O)C(C)CCC(CC)CC)cc1.